The van der Waals surface area contributed by atoms with Gasteiger partial charge in [-0.2, -0.15) is 0 Å². The van der Waals surface area contributed by atoms with Gasteiger partial charge in [-0.05, 0) is 19.9 Å². The molecule has 0 aromatic carbocycles. The summed E-state index contributed by atoms with van der Waals surface area (Å²) < 4.78 is 2.78. The topological polar surface area (TPSA) is 75.3 Å². The number of hydrogen-bond acceptors (Lipinski definition) is 4. The van der Waals surface area contributed by atoms with Gasteiger partial charge in [-0.1, -0.05) is 11.9 Å². The summed E-state index contributed by atoms with van der Waals surface area (Å²) in [6, 6.07) is -0.488. The van der Waals surface area contributed by atoms with Gasteiger partial charge in [-0.3, -0.25) is 9.52 Å². The van der Waals surface area contributed by atoms with Gasteiger partial charge in [0.15, 0.2) is 0 Å². The second-order valence-corrected chi connectivity index (χ2v) is 3.10. The molecule has 0 aliphatic carbocycles. The van der Waals surface area contributed by atoms with Gasteiger partial charge in [-0.15, -0.1) is 0 Å². The summed E-state index contributed by atoms with van der Waals surface area (Å²) in [5, 5.41) is 8.44. The maximum absolute atomic E-state index is 10.3. The second kappa shape index (κ2) is 6.45. The van der Waals surface area contributed by atoms with Crippen molar-refractivity contribution in [2.24, 2.45) is 5.73 Å². The molecular formula is C6H14N2O2S. The molecule has 0 aromatic rings. The molecule has 0 amide bonds. The van der Waals surface area contributed by atoms with Crippen LogP contribution in [0.15, 0.2) is 0 Å². The summed E-state index contributed by atoms with van der Waals surface area (Å²) in [4.78, 5) is 10.3. The Morgan fingerprint density at radius 1 is 1.82 bits per heavy atom. The highest BCUT2D eigenvalue weighted by Gasteiger charge is 2.08. The van der Waals surface area contributed by atoms with Crippen LogP contribution in [-0.4, -0.2) is 29.4 Å². The third-order valence-corrected chi connectivity index (χ3v) is 2.09. The Morgan fingerprint density at radius 2 is 2.45 bits per heavy atom. The van der Waals surface area contributed by atoms with Crippen LogP contribution in [0.3, 0.4) is 0 Å². The Hall–Kier alpha value is -0.260. The monoisotopic (exact) mass is 178 g/mol. The summed E-state index contributed by atoms with van der Waals surface area (Å²) in [6.45, 7) is 2.26. The lowest BCUT2D eigenvalue weighted by molar-refractivity contribution is -0.138. The Morgan fingerprint density at radius 3 is 2.91 bits per heavy atom. The number of rotatable bonds is 6. The third-order valence-electron chi connectivity index (χ3n) is 1.08. The van der Waals surface area contributed by atoms with Crippen molar-refractivity contribution in [1.29, 1.82) is 0 Å². The smallest absolute Gasteiger partial charge is 0.321 e. The first kappa shape index (κ1) is 10.7. The molecule has 1 atom stereocenters. The minimum absolute atomic E-state index is 0.488. The molecule has 4 N–H and O–H groups in total. The molecule has 0 fully saturated rings. The molecule has 0 aliphatic rings. The first-order valence-electron chi connectivity index (χ1n) is 3.48. The van der Waals surface area contributed by atoms with Crippen molar-refractivity contribution in [2.45, 2.75) is 19.4 Å². The number of hydrogen-bond donors (Lipinski definition) is 3. The quantitative estimate of drug-likeness (QED) is 0.396. The summed E-state index contributed by atoms with van der Waals surface area (Å²) in [6.07, 6.45) is 0.907. The largest absolute Gasteiger partial charge is 0.480 e. The zero-order valence-corrected chi connectivity index (χ0v) is 7.36. The van der Waals surface area contributed by atoms with Crippen molar-refractivity contribution >= 4 is 17.9 Å². The van der Waals surface area contributed by atoms with Gasteiger partial charge < -0.3 is 10.8 Å². The lowest BCUT2D eigenvalue weighted by Gasteiger charge is -2.06. The predicted molar refractivity (Wildman–Crippen MR) is 46.4 cm³/mol. The van der Waals surface area contributed by atoms with Crippen molar-refractivity contribution in [2.75, 3.05) is 12.3 Å². The van der Waals surface area contributed by atoms with E-state index in [1.54, 1.807) is 6.92 Å². The third kappa shape index (κ3) is 6.15. The van der Waals surface area contributed by atoms with E-state index in [2.05, 4.69) is 4.72 Å². The number of nitrogens with two attached hydrogens (primary N) is 1. The highest BCUT2D eigenvalue weighted by atomic mass is 32.2. The van der Waals surface area contributed by atoms with Crippen LogP contribution in [0.5, 0.6) is 0 Å². The van der Waals surface area contributed by atoms with E-state index in [4.69, 9.17) is 10.8 Å². The summed E-state index contributed by atoms with van der Waals surface area (Å²) in [5.41, 5.74) is 5.25. The molecule has 0 saturated heterocycles. The molecule has 5 heteroatoms. The standard InChI is InChI=1S/C6H14N2O2S/c1-5(6(9)10)8-11-4-2-3-7/h5,8H,2-4,7H2,1H3,(H,9,10). The van der Waals surface area contributed by atoms with E-state index >= 15 is 0 Å². The molecule has 0 radical (unpaired) electrons. The van der Waals surface area contributed by atoms with Crippen molar-refractivity contribution < 1.29 is 9.90 Å². The van der Waals surface area contributed by atoms with E-state index < -0.39 is 12.0 Å². The maximum atomic E-state index is 10.3. The zero-order valence-electron chi connectivity index (χ0n) is 6.54. The van der Waals surface area contributed by atoms with Crippen molar-refractivity contribution in [3.8, 4) is 0 Å². The summed E-state index contributed by atoms with van der Waals surface area (Å²) >= 11 is 1.40. The van der Waals surface area contributed by atoms with E-state index in [0.29, 0.717) is 6.54 Å². The Bertz CT molecular complexity index is 121. The summed E-state index contributed by atoms with van der Waals surface area (Å²) in [5.74, 6) is 0.0268. The first-order chi connectivity index (χ1) is 5.18. The fourth-order valence-electron chi connectivity index (χ4n) is 0.390. The van der Waals surface area contributed by atoms with Gasteiger partial charge in [0.2, 0.25) is 0 Å². The molecule has 4 nitrogen and oxygen atoms in total. The van der Waals surface area contributed by atoms with E-state index in [-0.39, 0.29) is 0 Å². The Kier molecular flexibility index (Phi) is 6.30. The van der Waals surface area contributed by atoms with Crippen LogP contribution < -0.4 is 10.5 Å². The number of aliphatic carboxylic acids is 1. The number of carboxylic acids is 1. The lowest BCUT2D eigenvalue weighted by Crippen LogP contribution is -2.28. The molecule has 0 bridgehead atoms. The van der Waals surface area contributed by atoms with Crippen LogP contribution in [0.25, 0.3) is 0 Å². The van der Waals surface area contributed by atoms with E-state index in [0.717, 1.165) is 12.2 Å². The Balaban J connectivity index is 3.17. The van der Waals surface area contributed by atoms with E-state index in [9.17, 15) is 4.79 Å². The average molecular weight is 178 g/mol. The molecule has 0 aliphatic heterocycles. The number of carboxylic acid groups (broad SMARTS) is 1. The average Bonchev–Trinajstić information content (AvgIpc) is 1.97. The molecular weight excluding hydrogens is 164 g/mol. The van der Waals surface area contributed by atoms with Crippen LogP contribution in [0, 0.1) is 0 Å². The van der Waals surface area contributed by atoms with Gasteiger partial charge in [0.05, 0.1) is 0 Å². The van der Waals surface area contributed by atoms with Gasteiger partial charge in [0, 0.05) is 5.75 Å². The normalized spacial score (nSPS) is 12.9. The van der Waals surface area contributed by atoms with Crippen molar-refractivity contribution in [3.05, 3.63) is 0 Å². The lowest BCUT2D eigenvalue weighted by atomic mass is 10.4. The molecule has 11 heavy (non-hydrogen) atoms. The van der Waals surface area contributed by atoms with Crippen LogP contribution in [0.2, 0.25) is 0 Å². The SMILES string of the molecule is CC(NSCCCN)C(=O)O. The molecule has 0 saturated carbocycles. The van der Waals surface area contributed by atoms with Crippen LogP contribution in [0.4, 0.5) is 0 Å². The maximum Gasteiger partial charge on any atom is 0.321 e. The van der Waals surface area contributed by atoms with Crippen LogP contribution >= 0.6 is 11.9 Å². The fraction of sp³-hybridized carbons (Fsp3) is 0.833. The van der Waals surface area contributed by atoms with E-state index in [1.165, 1.54) is 11.9 Å². The van der Waals surface area contributed by atoms with Crippen molar-refractivity contribution in [1.82, 2.24) is 4.72 Å². The minimum Gasteiger partial charge on any atom is -0.480 e. The molecule has 66 valence electrons. The molecule has 0 aromatic heterocycles. The van der Waals surface area contributed by atoms with Gasteiger partial charge in [0.1, 0.15) is 6.04 Å². The Labute approximate surface area is 70.7 Å². The molecule has 0 rings (SSSR count). The fourth-order valence-corrected chi connectivity index (χ4v) is 1.17. The zero-order chi connectivity index (χ0) is 8.69. The number of nitrogens with one attached hydrogen (secondary N) is 1. The first-order valence-corrected chi connectivity index (χ1v) is 4.47. The van der Waals surface area contributed by atoms with Crippen molar-refractivity contribution in [3.63, 3.8) is 0 Å². The van der Waals surface area contributed by atoms with Crippen LogP contribution in [0.1, 0.15) is 13.3 Å². The molecule has 0 heterocycles. The second-order valence-electron chi connectivity index (χ2n) is 2.17. The van der Waals surface area contributed by atoms with Gasteiger partial charge in [0.25, 0.3) is 0 Å². The van der Waals surface area contributed by atoms with E-state index in [1.807, 2.05) is 0 Å². The van der Waals surface area contributed by atoms with Crippen LogP contribution in [-0.2, 0) is 4.79 Å². The predicted octanol–water partition coefficient (Wildman–Crippen LogP) is 0.0461. The number of carbonyl (C=O) groups is 1. The molecule has 1 unspecified atom stereocenters. The van der Waals surface area contributed by atoms with Gasteiger partial charge >= 0.3 is 5.97 Å². The highest BCUT2D eigenvalue weighted by Crippen LogP contribution is 1.97. The highest BCUT2D eigenvalue weighted by molar-refractivity contribution is 7.97. The van der Waals surface area contributed by atoms with Gasteiger partial charge in [-0.25, -0.2) is 0 Å². The molecule has 0 spiro atoms. The summed E-state index contributed by atoms with van der Waals surface area (Å²) in [7, 11) is 0. The minimum atomic E-state index is -0.828.